The predicted molar refractivity (Wildman–Crippen MR) is 86.3 cm³/mol. The van der Waals surface area contributed by atoms with E-state index in [-0.39, 0.29) is 11.7 Å². The van der Waals surface area contributed by atoms with Gasteiger partial charge in [-0.15, -0.1) is 0 Å². The van der Waals surface area contributed by atoms with Gasteiger partial charge in [-0.3, -0.25) is 4.79 Å². The van der Waals surface area contributed by atoms with E-state index in [0.29, 0.717) is 43.4 Å². The van der Waals surface area contributed by atoms with Gasteiger partial charge in [0.25, 0.3) is 0 Å². The standard InChI is InChI=1S/C17H18FN3O3/c18-12-1-3-13(4-2-12)24-14-5-6-15(20-11-14)21-16(22)17(19)7-9-23-10-8-17/h1-6,11H,7-10,19H2,(H,20,21,22). The number of hydrogen-bond acceptors (Lipinski definition) is 5. The van der Waals surface area contributed by atoms with Crippen molar-refractivity contribution in [3.8, 4) is 11.5 Å². The molecule has 3 N–H and O–H groups in total. The van der Waals surface area contributed by atoms with Gasteiger partial charge in [-0.1, -0.05) is 0 Å². The maximum atomic E-state index is 12.9. The van der Waals surface area contributed by atoms with Crippen molar-refractivity contribution in [3.05, 3.63) is 48.4 Å². The molecule has 0 atom stereocenters. The summed E-state index contributed by atoms with van der Waals surface area (Å²) in [7, 11) is 0. The Balaban J connectivity index is 1.62. The zero-order valence-corrected chi connectivity index (χ0v) is 13.0. The Hall–Kier alpha value is -2.51. The maximum absolute atomic E-state index is 12.9. The van der Waals surface area contributed by atoms with Gasteiger partial charge in [0.05, 0.1) is 6.20 Å². The molecule has 0 aliphatic carbocycles. The first kappa shape index (κ1) is 16.4. The lowest BCUT2D eigenvalue weighted by atomic mass is 9.90. The van der Waals surface area contributed by atoms with E-state index < -0.39 is 5.54 Å². The lowest BCUT2D eigenvalue weighted by molar-refractivity contribution is -0.124. The van der Waals surface area contributed by atoms with Crippen LogP contribution in [0.3, 0.4) is 0 Å². The minimum Gasteiger partial charge on any atom is -0.456 e. The molecule has 2 heterocycles. The summed E-state index contributed by atoms with van der Waals surface area (Å²) in [5, 5.41) is 2.71. The topological polar surface area (TPSA) is 86.5 Å². The van der Waals surface area contributed by atoms with E-state index in [0.717, 1.165) is 0 Å². The summed E-state index contributed by atoms with van der Waals surface area (Å²) in [6.07, 6.45) is 2.43. The molecule has 24 heavy (non-hydrogen) atoms. The number of hydrogen-bond donors (Lipinski definition) is 2. The second-order valence-corrected chi connectivity index (χ2v) is 5.66. The number of carbonyl (C=O) groups is 1. The van der Waals surface area contributed by atoms with Crippen molar-refractivity contribution in [2.75, 3.05) is 18.5 Å². The van der Waals surface area contributed by atoms with Crippen molar-refractivity contribution in [3.63, 3.8) is 0 Å². The minimum atomic E-state index is -0.927. The number of nitrogens with zero attached hydrogens (tertiary/aromatic N) is 1. The first-order valence-corrected chi connectivity index (χ1v) is 7.63. The van der Waals surface area contributed by atoms with Crippen LogP contribution in [0.15, 0.2) is 42.6 Å². The van der Waals surface area contributed by atoms with Crippen LogP contribution in [-0.2, 0) is 9.53 Å². The molecule has 0 saturated carbocycles. The van der Waals surface area contributed by atoms with Crippen LogP contribution in [0.25, 0.3) is 0 Å². The third-order valence-corrected chi connectivity index (χ3v) is 3.86. The zero-order chi connectivity index (χ0) is 17.0. The van der Waals surface area contributed by atoms with E-state index >= 15 is 0 Å². The highest BCUT2D eigenvalue weighted by Gasteiger charge is 2.36. The van der Waals surface area contributed by atoms with Crippen molar-refractivity contribution in [2.24, 2.45) is 5.73 Å². The van der Waals surface area contributed by atoms with Crippen LogP contribution in [0.2, 0.25) is 0 Å². The molecule has 1 aromatic carbocycles. The van der Waals surface area contributed by atoms with Gasteiger partial charge in [0, 0.05) is 13.2 Å². The van der Waals surface area contributed by atoms with E-state index in [2.05, 4.69) is 10.3 Å². The Morgan fingerprint density at radius 2 is 1.83 bits per heavy atom. The smallest absolute Gasteiger partial charge is 0.245 e. The summed E-state index contributed by atoms with van der Waals surface area (Å²) < 4.78 is 23.6. The second kappa shape index (κ2) is 6.94. The fraction of sp³-hybridized carbons (Fsp3) is 0.294. The summed E-state index contributed by atoms with van der Waals surface area (Å²) in [6, 6.07) is 8.96. The molecule has 0 unspecified atom stereocenters. The van der Waals surface area contributed by atoms with Gasteiger partial charge in [-0.25, -0.2) is 9.37 Å². The molecule has 6 nitrogen and oxygen atoms in total. The summed E-state index contributed by atoms with van der Waals surface area (Å²) in [4.78, 5) is 16.4. The van der Waals surface area contributed by atoms with E-state index in [1.54, 1.807) is 12.1 Å². The fourth-order valence-electron chi connectivity index (χ4n) is 2.36. The quantitative estimate of drug-likeness (QED) is 0.899. The largest absolute Gasteiger partial charge is 0.456 e. The molecule has 3 rings (SSSR count). The molecule has 1 saturated heterocycles. The number of rotatable bonds is 4. The highest BCUT2D eigenvalue weighted by atomic mass is 19.1. The summed E-state index contributed by atoms with van der Waals surface area (Å²) in [5.41, 5.74) is 5.19. The van der Waals surface area contributed by atoms with Gasteiger partial charge >= 0.3 is 0 Å². The zero-order valence-electron chi connectivity index (χ0n) is 13.0. The predicted octanol–water partition coefficient (Wildman–Crippen LogP) is 2.46. The Morgan fingerprint density at radius 3 is 2.46 bits per heavy atom. The van der Waals surface area contributed by atoms with Crippen LogP contribution in [0, 0.1) is 5.82 Å². The van der Waals surface area contributed by atoms with Crippen molar-refractivity contribution in [1.82, 2.24) is 4.98 Å². The number of pyridine rings is 1. The fourth-order valence-corrected chi connectivity index (χ4v) is 2.36. The van der Waals surface area contributed by atoms with Gasteiger partial charge < -0.3 is 20.5 Å². The molecule has 2 aromatic rings. The van der Waals surface area contributed by atoms with Crippen LogP contribution in [0.5, 0.6) is 11.5 Å². The van der Waals surface area contributed by atoms with Crippen LogP contribution in [-0.4, -0.2) is 29.6 Å². The highest BCUT2D eigenvalue weighted by Crippen LogP contribution is 2.23. The lowest BCUT2D eigenvalue weighted by Gasteiger charge is -2.31. The molecule has 1 aliphatic heterocycles. The van der Waals surface area contributed by atoms with Gasteiger partial charge in [0.15, 0.2) is 0 Å². The van der Waals surface area contributed by atoms with Crippen molar-refractivity contribution >= 4 is 11.7 Å². The molecule has 1 fully saturated rings. The first-order chi connectivity index (χ1) is 11.5. The number of ether oxygens (including phenoxy) is 2. The van der Waals surface area contributed by atoms with Crippen LogP contribution >= 0.6 is 0 Å². The number of amides is 1. The molecular formula is C17H18FN3O3. The maximum Gasteiger partial charge on any atom is 0.245 e. The highest BCUT2D eigenvalue weighted by molar-refractivity contribution is 5.97. The van der Waals surface area contributed by atoms with E-state index in [1.165, 1.54) is 30.5 Å². The molecule has 0 radical (unpaired) electrons. The molecule has 0 bridgehead atoms. The molecule has 0 spiro atoms. The molecular weight excluding hydrogens is 313 g/mol. The van der Waals surface area contributed by atoms with Crippen LogP contribution < -0.4 is 15.8 Å². The SMILES string of the molecule is NC1(C(=O)Nc2ccc(Oc3ccc(F)cc3)cn2)CCOCC1. The number of nitrogens with one attached hydrogen (secondary N) is 1. The normalized spacial score (nSPS) is 16.4. The van der Waals surface area contributed by atoms with Gasteiger partial charge in [0.1, 0.15) is 28.7 Å². The Kier molecular flexibility index (Phi) is 4.73. The summed E-state index contributed by atoms with van der Waals surface area (Å²) >= 11 is 0. The average molecular weight is 331 g/mol. The van der Waals surface area contributed by atoms with Crippen molar-refractivity contribution in [2.45, 2.75) is 18.4 Å². The Labute approximate surface area is 138 Å². The summed E-state index contributed by atoms with van der Waals surface area (Å²) in [5.74, 6) is 0.766. The monoisotopic (exact) mass is 331 g/mol. The lowest BCUT2D eigenvalue weighted by Crippen LogP contribution is -2.54. The number of nitrogens with two attached hydrogens (primary N) is 1. The van der Waals surface area contributed by atoms with E-state index in [1.807, 2.05) is 0 Å². The molecule has 1 aromatic heterocycles. The summed E-state index contributed by atoms with van der Waals surface area (Å²) in [6.45, 7) is 0.948. The van der Waals surface area contributed by atoms with E-state index in [9.17, 15) is 9.18 Å². The Morgan fingerprint density at radius 1 is 1.17 bits per heavy atom. The average Bonchev–Trinajstić information content (AvgIpc) is 2.59. The van der Waals surface area contributed by atoms with Gasteiger partial charge in [-0.2, -0.15) is 0 Å². The van der Waals surface area contributed by atoms with E-state index in [4.69, 9.17) is 15.2 Å². The third-order valence-electron chi connectivity index (χ3n) is 3.86. The van der Waals surface area contributed by atoms with Crippen molar-refractivity contribution < 1.29 is 18.7 Å². The van der Waals surface area contributed by atoms with Crippen LogP contribution in [0.1, 0.15) is 12.8 Å². The Bertz CT molecular complexity index is 698. The minimum absolute atomic E-state index is 0.273. The molecule has 126 valence electrons. The first-order valence-electron chi connectivity index (χ1n) is 7.63. The molecule has 1 aliphatic rings. The van der Waals surface area contributed by atoms with Gasteiger partial charge in [0.2, 0.25) is 5.91 Å². The number of benzene rings is 1. The number of halogens is 1. The third kappa shape index (κ3) is 3.87. The number of anilines is 1. The van der Waals surface area contributed by atoms with Crippen molar-refractivity contribution in [1.29, 1.82) is 0 Å². The van der Waals surface area contributed by atoms with Gasteiger partial charge in [-0.05, 0) is 49.2 Å². The second-order valence-electron chi connectivity index (χ2n) is 5.66. The molecule has 7 heteroatoms. The number of carbonyl (C=O) groups excluding carboxylic acids is 1. The number of aromatic nitrogens is 1. The van der Waals surface area contributed by atoms with Crippen LogP contribution in [0.4, 0.5) is 10.2 Å². The molecule has 1 amide bonds.